The summed E-state index contributed by atoms with van der Waals surface area (Å²) in [6.07, 6.45) is 1.69. The number of anilines is 1. The number of rotatable bonds is 6. The van der Waals surface area contributed by atoms with Crippen LogP contribution in [0.2, 0.25) is 0 Å². The largest absolute Gasteiger partial charge is 0.348 e. The van der Waals surface area contributed by atoms with E-state index in [1.807, 2.05) is 6.92 Å². The zero-order valence-electron chi connectivity index (χ0n) is 16.4. The Bertz CT molecular complexity index is 1070. The Morgan fingerprint density at radius 3 is 2.69 bits per heavy atom. The molecule has 2 N–H and O–H groups in total. The molecule has 9 heteroatoms. The summed E-state index contributed by atoms with van der Waals surface area (Å²) in [7, 11) is -3.04. The SMILES string of the molecule is C=CC(=O)NCc1ccccc1C(=O)Nc1c(C)nn(C2CCS(=O)(=O)C2)c1C. The van der Waals surface area contributed by atoms with E-state index in [0.717, 1.165) is 5.69 Å². The van der Waals surface area contributed by atoms with E-state index in [1.165, 1.54) is 6.08 Å². The topological polar surface area (TPSA) is 110 Å². The highest BCUT2D eigenvalue weighted by atomic mass is 32.2. The molecule has 29 heavy (non-hydrogen) atoms. The van der Waals surface area contributed by atoms with E-state index >= 15 is 0 Å². The zero-order chi connectivity index (χ0) is 21.2. The van der Waals surface area contributed by atoms with Gasteiger partial charge in [-0.1, -0.05) is 24.8 Å². The fourth-order valence-electron chi connectivity index (χ4n) is 3.50. The van der Waals surface area contributed by atoms with Crippen molar-refractivity contribution < 1.29 is 18.0 Å². The van der Waals surface area contributed by atoms with Crippen LogP contribution in [0.1, 0.15) is 39.8 Å². The van der Waals surface area contributed by atoms with Gasteiger partial charge in [0.25, 0.3) is 5.91 Å². The summed E-state index contributed by atoms with van der Waals surface area (Å²) >= 11 is 0. The molecule has 2 heterocycles. The van der Waals surface area contributed by atoms with Gasteiger partial charge in [0.1, 0.15) is 0 Å². The van der Waals surface area contributed by atoms with Crippen LogP contribution in [0.25, 0.3) is 0 Å². The van der Waals surface area contributed by atoms with Crippen molar-refractivity contribution in [3.05, 3.63) is 59.4 Å². The molecule has 1 unspecified atom stereocenters. The fourth-order valence-corrected chi connectivity index (χ4v) is 5.19. The van der Waals surface area contributed by atoms with Crippen LogP contribution in [0.5, 0.6) is 0 Å². The Morgan fingerprint density at radius 1 is 1.31 bits per heavy atom. The minimum atomic E-state index is -3.04. The highest BCUT2D eigenvalue weighted by Gasteiger charge is 2.31. The lowest BCUT2D eigenvalue weighted by atomic mass is 10.1. The average Bonchev–Trinajstić information content (AvgIpc) is 3.19. The summed E-state index contributed by atoms with van der Waals surface area (Å²) in [6, 6.07) is 6.78. The maximum Gasteiger partial charge on any atom is 0.256 e. The summed E-state index contributed by atoms with van der Waals surface area (Å²) in [5, 5.41) is 10.0. The normalized spacial score (nSPS) is 17.7. The number of aromatic nitrogens is 2. The van der Waals surface area contributed by atoms with E-state index < -0.39 is 9.84 Å². The second-order valence-corrected chi connectivity index (χ2v) is 9.31. The minimum Gasteiger partial charge on any atom is -0.348 e. The van der Waals surface area contributed by atoms with E-state index in [0.29, 0.717) is 28.9 Å². The smallest absolute Gasteiger partial charge is 0.256 e. The van der Waals surface area contributed by atoms with Crippen LogP contribution in [0.3, 0.4) is 0 Å². The van der Waals surface area contributed by atoms with E-state index in [9.17, 15) is 18.0 Å². The van der Waals surface area contributed by atoms with E-state index in [2.05, 4.69) is 22.3 Å². The van der Waals surface area contributed by atoms with Crippen molar-refractivity contribution in [1.82, 2.24) is 15.1 Å². The molecule has 0 saturated carbocycles. The molecule has 8 nitrogen and oxygen atoms in total. The standard InChI is InChI=1S/C20H24N4O4S/c1-4-18(25)21-11-15-7-5-6-8-17(15)20(26)22-19-13(2)23-24(14(19)3)16-9-10-29(27,28)12-16/h4-8,16H,1,9-12H2,2-3H3,(H,21,25)(H,22,26). The van der Waals surface area contributed by atoms with Gasteiger partial charge < -0.3 is 10.6 Å². The molecule has 0 spiro atoms. The first-order valence-corrected chi connectivity index (χ1v) is 11.1. The molecule has 1 atom stereocenters. The van der Waals surface area contributed by atoms with Crippen LogP contribution in [0.4, 0.5) is 5.69 Å². The molecule has 1 aliphatic rings. The van der Waals surface area contributed by atoms with Gasteiger partial charge in [0.05, 0.1) is 34.6 Å². The third-order valence-corrected chi connectivity index (χ3v) is 6.77. The van der Waals surface area contributed by atoms with E-state index in [-0.39, 0.29) is 35.9 Å². The molecule has 2 amide bonds. The lowest BCUT2D eigenvalue weighted by Gasteiger charge is -2.13. The number of nitrogens with zero attached hydrogens (tertiary/aromatic N) is 2. The average molecular weight is 417 g/mol. The number of carbonyl (C=O) groups excluding carboxylic acids is 2. The number of hydrogen-bond acceptors (Lipinski definition) is 5. The van der Waals surface area contributed by atoms with Crippen LogP contribution in [0.15, 0.2) is 36.9 Å². The van der Waals surface area contributed by atoms with Crippen molar-refractivity contribution >= 4 is 27.3 Å². The predicted molar refractivity (Wildman–Crippen MR) is 110 cm³/mol. The number of carbonyl (C=O) groups is 2. The second kappa shape index (κ2) is 8.20. The van der Waals surface area contributed by atoms with Crippen LogP contribution in [0, 0.1) is 13.8 Å². The molecule has 0 bridgehead atoms. The van der Waals surface area contributed by atoms with Gasteiger partial charge in [-0.2, -0.15) is 5.10 Å². The van der Waals surface area contributed by atoms with Gasteiger partial charge in [-0.15, -0.1) is 0 Å². The van der Waals surface area contributed by atoms with Crippen LogP contribution < -0.4 is 10.6 Å². The van der Waals surface area contributed by atoms with Crippen molar-refractivity contribution in [3.63, 3.8) is 0 Å². The number of nitrogens with one attached hydrogen (secondary N) is 2. The molecule has 1 fully saturated rings. The number of aryl methyl sites for hydroxylation is 1. The summed E-state index contributed by atoms with van der Waals surface area (Å²) in [5.41, 5.74) is 3.02. The maximum absolute atomic E-state index is 12.9. The molecule has 0 radical (unpaired) electrons. The summed E-state index contributed by atoms with van der Waals surface area (Å²) in [4.78, 5) is 24.3. The first-order valence-electron chi connectivity index (χ1n) is 9.27. The number of sulfone groups is 1. The molecular formula is C20H24N4O4S. The Labute approximate surface area is 169 Å². The monoisotopic (exact) mass is 416 g/mol. The van der Waals surface area contributed by atoms with Crippen molar-refractivity contribution in [2.75, 3.05) is 16.8 Å². The highest BCUT2D eigenvalue weighted by molar-refractivity contribution is 7.91. The Kier molecular flexibility index (Phi) is 5.88. The van der Waals surface area contributed by atoms with Crippen molar-refractivity contribution in [1.29, 1.82) is 0 Å². The lowest BCUT2D eigenvalue weighted by molar-refractivity contribution is -0.116. The van der Waals surface area contributed by atoms with Crippen molar-refractivity contribution in [2.24, 2.45) is 0 Å². The van der Waals surface area contributed by atoms with Crippen LogP contribution in [-0.4, -0.2) is 41.5 Å². The van der Waals surface area contributed by atoms with Gasteiger partial charge in [0, 0.05) is 12.1 Å². The molecule has 1 aromatic carbocycles. The lowest BCUT2D eigenvalue weighted by Crippen LogP contribution is -2.23. The quantitative estimate of drug-likeness (QED) is 0.699. The second-order valence-electron chi connectivity index (χ2n) is 7.08. The first-order chi connectivity index (χ1) is 13.7. The molecule has 3 rings (SSSR count). The third kappa shape index (κ3) is 4.56. The van der Waals surface area contributed by atoms with Gasteiger partial charge in [0.2, 0.25) is 5.91 Å². The molecule has 154 valence electrons. The molecule has 1 saturated heterocycles. The van der Waals surface area contributed by atoms with E-state index in [1.54, 1.807) is 35.9 Å². The van der Waals surface area contributed by atoms with Crippen LogP contribution in [-0.2, 0) is 21.2 Å². The summed E-state index contributed by atoms with van der Waals surface area (Å²) < 4.78 is 25.3. The third-order valence-electron chi connectivity index (χ3n) is 5.02. The Morgan fingerprint density at radius 2 is 2.03 bits per heavy atom. The minimum absolute atomic E-state index is 0.0637. The van der Waals surface area contributed by atoms with Gasteiger partial charge in [-0.3, -0.25) is 14.3 Å². The van der Waals surface area contributed by atoms with Gasteiger partial charge in [-0.25, -0.2) is 8.42 Å². The van der Waals surface area contributed by atoms with Gasteiger partial charge in [-0.05, 0) is 38.0 Å². The van der Waals surface area contributed by atoms with Gasteiger partial charge >= 0.3 is 0 Å². The fraction of sp³-hybridized carbons (Fsp3) is 0.350. The molecule has 2 aromatic rings. The Balaban J connectivity index is 1.82. The summed E-state index contributed by atoms with van der Waals surface area (Å²) in [6.45, 7) is 7.20. The van der Waals surface area contributed by atoms with Crippen LogP contribution >= 0.6 is 0 Å². The molecule has 0 aliphatic carbocycles. The number of hydrogen-bond donors (Lipinski definition) is 2. The first kappa shape index (κ1) is 20.8. The van der Waals surface area contributed by atoms with Crippen molar-refractivity contribution in [2.45, 2.75) is 32.9 Å². The predicted octanol–water partition coefficient (Wildman–Crippen LogP) is 1.91. The number of amides is 2. The molecular weight excluding hydrogens is 392 g/mol. The van der Waals surface area contributed by atoms with Gasteiger partial charge in [0.15, 0.2) is 9.84 Å². The molecule has 1 aromatic heterocycles. The number of benzene rings is 1. The molecule has 1 aliphatic heterocycles. The zero-order valence-corrected chi connectivity index (χ0v) is 17.3. The summed E-state index contributed by atoms with van der Waals surface area (Å²) in [5.74, 6) is -0.423. The Hall–Kier alpha value is -2.94. The maximum atomic E-state index is 12.9. The van der Waals surface area contributed by atoms with Crippen molar-refractivity contribution in [3.8, 4) is 0 Å². The van der Waals surface area contributed by atoms with E-state index in [4.69, 9.17) is 0 Å². The highest BCUT2D eigenvalue weighted by Crippen LogP contribution is 2.29.